The summed E-state index contributed by atoms with van der Waals surface area (Å²) in [6.45, 7) is 7.80. The first-order valence-electron chi connectivity index (χ1n) is 9.79. The molecule has 7 heteroatoms. The molecule has 4 rings (SSSR count). The molecule has 0 aliphatic carbocycles. The fourth-order valence-electron chi connectivity index (χ4n) is 3.47. The molecular weight excluding hydrogens is 386 g/mol. The van der Waals surface area contributed by atoms with E-state index in [-0.39, 0.29) is 11.9 Å². The highest BCUT2D eigenvalue weighted by Gasteiger charge is 2.24. The Morgan fingerprint density at radius 2 is 2.03 bits per heavy atom. The maximum atomic E-state index is 12.7. The Hall–Kier alpha value is -2.48. The number of hydrogen-bond donors (Lipinski definition) is 1. The zero-order valence-electron chi connectivity index (χ0n) is 16.7. The second kappa shape index (κ2) is 8.90. The summed E-state index contributed by atoms with van der Waals surface area (Å²) in [5, 5.41) is 9.08. The topological polar surface area (TPSA) is 67.6 Å². The van der Waals surface area contributed by atoms with Crippen LogP contribution in [0.1, 0.15) is 32.5 Å². The van der Waals surface area contributed by atoms with E-state index in [4.69, 9.17) is 9.26 Å². The van der Waals surface area contributed by atoms with Gasteiger partial charge in [-0.15, -0.1) is 11.3 Å². The zero-order chi connectivity index (χ0) is 20.2. The predicted octanol–water partition coefficient (Wildman–Crippen LogP) is 3.82. The summed E-state index contributed by atoms with van der Waals surface area (Å²) in [7, 11) is 0. The van der Waals surface area contributed by atoms with Crippen molar-refractivity contribution in [2.24, 2.45) is 0 Å². The van der Waals surface area contributed by atoms with E-state index in [9.17, 15) is 4.79 Å². The van der Waals surface area contributed by atoms with Gasteiger partial charge in [-0.25, -0.2) is 0 Å². The molecule has 1 aliphatic heterocycles. The van der Waals surface area contributed by atoms with Gasteiger partial charge in [-0.05, 0) is 42.5 Å². The second-order valence-electron chi connectivity index (χ2n) is 7.27. The van der Waals surface area contributed by atoms with Gasteiger partial charge in [0, 0.05) is 36.1 Å². The summed E-state index contributed by atoms with van der Waals surface area (Å²) < 4.78 is 10.9. The van der Waals surface area contributed by atoms with E-state index in [0.29, 0.717) is 18.0 Å². The molecule has 0 radical (unpaired) electrons. The van der Waals surface area contributed by atoms with Gasteiger partial charge < -0.3 is 14.6 Å². The van der Waals surface area contributed by atoms with Gasteiger partial charge in [-0.3, -0.25) is 9.69 Å². The average molecular weight is 412 g/mol. The number of aromatic nitrogens is 1. The van der Waals surface area contributed by atoms with Crippen LogP contribution in [0.15, 0.2) is 46.3 Å². The Morgan fingerprint density at radius 3 is 2.76 bits per heavy atom. The van der Waals surface area contributed by atoms with Gasteiger partial charge in [0.15, 0.2) is 11.5 Å². The minimum absolute atomic E-state index is 0.133. The van der Waals surface area contributed by atoms with Crippen LogP contribution >= 0.6 is 11.3 Å². The highest BCUT2D eigenvalue weighted by Crippen LogP contribution is 2.26. The molecule has 0 spiro atoms. The van der Waals surface area contributed by atoms with E-state index in [1.165, 1.54) is 16.0 Å². The number of ether oxygens (including phenoxy) is 1. The Kier molecular flexibility index (Phi) is 6.08. The van der Waals surface area contributed by atoms with Crippen molar-refractivity contribution < 1.29 is 14.1 Å². The lowest BCUT2D eigenvalue weighted by molar-refractivity contribution is 0.0169. The first-order chi connectivity index (χ1) is 14.1. The minimum atomic E-state index is -0.223. The molecule has 0 saturated carbocycles. The van der Waals surface area contributed by atoms with E-state index in [2.05, 4.69) is 40.7 Å². The van der Waals surface area contributed by atoms with Crippen LogP contribution < -0.4 is 5.32 Å². The van der Waals surface area contributed by atoms with E-state index in [1.807, 2.05) is 24.3 Å². The number of nitrogens with one attached hydrogen (secondary N) is 1. The monoisotopic (exact) mass is 411 g/mol. The number of thiophene rings is 1. The number of amides is 1. The summed E-state index contributed by atoms with van der Waals surface area (Å²) in [6, 6.07) is 12.1. The lowest BCUT2D eigenvalue weighted by Gasteiger charge is -2.34. The molecule has 29 heavy (non-hydrogen) atoms. The third-order valence-corrected chi connectivity index (χ3v) is 6.32. The summed E-state index contributed by atoms with van der Waals surface area (Å²) in [5.41, 5.74) is 3.61. The number of carbonyl (C=O) groups excluding carboxylic acids is 1. The number of aryl methyl sites for hydroxylation is 2. The zero-order valence-corrected chi connectivity index (χ0v) is 17.5. The summed E-state index contributed by atoms with van der Waals surface area (Å²) >= 11 is 1.71. The fraction of sp³-hybridized carbons (Fsp3) is 0.364. The van der Waals surface area contributed by atoms with E-state index in [0.717, 1.165) is 31.9 Å². The van der Waals surface area contributed by atoms with Gasteiger partial charge in [0.2, 0.25) is 0 Å². The van der Waals surface area contributed by atoms with E-state index < -0.39 is 0 Å². The normalized spacial score (nSPS) is 15.9. The third-order valence-electron chi connectivity index (χ3n) is 5.35. The lowest BCUT2D eigenvalue weighted by atomic mass is 10.0. The van der Waals surface area contributed by atoms with Crippen molar-refractivity contribution in [1.82, 2.24) is 15.4 Å². The molecule has 1 aliphatic rings. The Labute approximate surface area is 174 Å². The molecule has 1 aromatic carbocycles. The van der Waals surface area contributed by atoms with Crippen LogP contribution in [-0.4, -0.2) is 48.8 Å². The van der Waals surface area contributed by atoms with Gasteiger partial charge in [0.05, 0.1) is 19.3 Å². The molecule has 1 amide bonds. The molecule has 3 heterocycles. The van der Waals surface area contributed by atoms with Gasteiger partial charge in [-0.2, -0.15) is 0 Å². The maximum Gasteiger partial charge on any atom is 0.273 e. The van der Waals surface area contributed by atoms with Crippen molar-refractivity contribution in [2.45, 2.75) is 19.9 Å². The van der Waals surface area contributed by atoms with Crippen LogP contribution in [0.3, 0.4) is 0 Å². The van der Waals surface area contributed by atoms with E-state index >= 15 is 0 Å². The van der Waals surface area contributed by atoms with Crippen molar-refractivity contribution >= 4 is 17.2 Å². The maximum absolute atomic E-state index is 12.7. The van der Waals surface area contributed by atoms with Gasteiger partial charge in [0.25, 0.3) is 5.91 Å². The Bertz CT molecular complexity index is 962. The molecular formula is C22H25N3O3S. The van der Waals surface area contributed by atoms with Crippen molar-refractivity contribution in [3.05, 3.63) is 63.5 Å². The first-order valence-corrected chi connectivity index (χ1v) is 10.7. The highest BCUT2D eigenvalue weighted by atomic mass is 32.1. The molecule has 1 atom stereocenters. The largest absolute Gasteiger partial charge is 0.379 e. The van der Waals surface area contributed by atoms with Crippen molar-refractivity contribution in [3.63, 3.8) is 0 Å². The molecule has 1 unspecified atom stereocenters. The number of nitrogens with zero attached hydrogens (tertiary/aromatic N) is 2. The van der Waals surface area contributed by atoms with Crippen LogP contribution in [0.5, 0.6) is 0 Å². The van der Waals surface area contributed by atoms with Crippen molar-refractivity contribution in [1.29, 1.82) is 0 Å². The van der Waals surface area contributed by atoms with Crippen LogP contribution in [0, 0.1) is 13.8 Å². The van der Waals surface area contributed by atoms with Gasteiger partial charge >= 0.3 is 0 Å². The average Bonchev–Trinajstić information content (AvgIpc) is 3.43. The van der Waals surface area contributed by atoms with Gasteiger partial charge in [-0.1, -0.05) is 23.4 Å². The first kappa shape index (κ1) is 19.8. The molecule has 6 nitrogen and oxygen atoms in total. The standard InChI is InChI=1S/C22H25N3O3S/c1-15-5-6-17(12-16(15)2)20-13-18(24-28-20)22(26)23-14-19(21-4-3-11-29-21)25-7-9-27-10-8-25/h3-6,11-13,19H,7-10,14H2,1-2H3,(H,23,26). The van der Waals surface area contributed by atoms with E-state index in [1.54, 1.807) is 17.4 Å². The number of carbonyl (C=O) groups is 1. The quantitative estimate of drug-likeness (QED) is 0.668. The SMILES string of the molecule is Cc1ccc(-c2cc(C(=O)NCC(c3cccs3)N3CCOCC3)no2)cc1C. The van der Waals surface area contributed by atoms with Crippen LogP contribution in [-0.2, 0) is 4.74 Å². The fourth-order valence-corrected chi connectivity index (χ4v) is 4.33. The van der Waals surface area contributed by atoms with Crippen LogP contribution in [0.4, 0.5) is 0 Å². The predicted molar refractivity (Wildman–Crippen MR) is 113 cm³/mol. The second-order valence-corrected chi connectivity index (χ2v) is 8.24. The third kappa shape index (κ3) is 4.58. The Morgan fingerprint density at radius 1 is 1.21 bits per heavy atom. The molecule has 1 fully saturated rings. The van der Waals surface area contributed by atoms with Crippen molar-refractivity contribution in [3.8, 4) is 11.3 Å². The van der Waals surface area contributed by atoms with Crippen LogP contribution in [0.25, 0.3) is 11.3 Å². The summed E-state index contributed by atoms with van der Waals surface area (Å²) in [5.74, 6) is 0.375. The lowest BCUT2D eigenvalue weighted by Crippen LogP contribution is -2.43. The molecule has 152 valence electrons. The molecule has 1 saturated heterocycles. The molecule has 0 bridgehead atoms. The van der Waals surface area contributed by atoms with Crippen LogP contribution in [0.2, 0.25) is 0 Å². The smallest absolute Gasteiger partial charge is 0.273 e. The number of rotatable bonds is 6. The number of morpholine rings is 1. The minimum Gasteiger partial charge on any atom is -0.379 e. The summed E-state index contributed by atoms with van der Waals surface area (Å²) in [6.07, 6.45) is 0. The molecule has 2 aromatic heterocycles. The van der Waals surface area contributed by atoms with Gasteiger partial charge in [0.1, 0.15) is 0 Å². The number of hydrogen-bond acceptors (Lipinski definition) is 6. The number of benzene rings is 1. The molecule has 3 aromatic rings. The Balaban J connectivity index is 1.44. The highest BCUT2D eigenvalue weighted by molar-refractivity contribution is 7.10. The summed E-state index contributed by atoms with van der Waals surface area (Å²) in [4.78, 5) is 16.3. The van der Waals surface area contributed by atoms with Crippen molar-refractivity contribution in [2.75, 3.05) is 32.8 Å². The molecule has 1 N–H and O–H groups in total.